The predicted molar refractivity (Wildman–Crippen MR) is 161 cm³/mol. The maximum absolute atomic E-state index is 14.7. The van der Waals surface area contributed by atoms with E-state index in [2.05, 4.69) is 5.32 Å². The van der Waals surface area contributed by atoms with Crippen molar-refractivity contribution < 1.29 is 36.6 Å². The van der Waals surface area contributed by atoms with Crippen molar-refractivity contribution >= 4 is 27.5 Å². The van der Waals surface area contributed by atoms with E-state index in [9.17, 15) is 22.4 Å². The molecule has 232 valence electrons. The molecule has 3 rings (SSSR count). The minimum atomic E-state index is -4.38. The summed E-state index contributed by atoms with van der Waals surface area (Å²) < 4.78 is 59.9. The van der Waals surface area contributed by atoms with E-state index in [4.69, 9.17) is 14.2 Å². The van der Waals surface area contributed by atoms with E-state index in [0.717, 1.165) is 4.31 Å². The Morgan fingerprint density at radius 3 is 2.16 bits per heavy atom. The molecule has 0 aromatic heterocycles. The number of hydrogen-bond donors (Lipinski definition) is 1. The number of sulfonamides is 1. The first-order valence-electron chi connectivity index (χ1n) is 13.7. The summed E-state index contributed by atoms with van der Waals surface area (Å²) in [5.41, 5.74) is 0.354. The van der Waals surface area contributed by atoms with Crippen molar-refractivity contribution in [3.8, 4) is 17.2 Å². The highest BCUT2D eigenvalue weighted by Gasteiger charge is 2.33. The third-order valence-corrected chi connectivity index (χ3v) is 8.32. The average Bonchev–Trinajstić information content (AvgIpc) is 2.98. The van der Waals surface area contributed by atoms with Gasteiger partial charge in [-0.1, -0.05) is 18.2 Å². The summed E-state index contributed by atoms with van der Waals surface area (Å²) in [6, 6.07) is 15.0. The molecule has 0 aliphatic rings. The summed E-state index contributed by atoms with van der Waals surface area (Å²) in [7, 11) is -1.57. The number of nitrogens with one attached hydrogen (secondary N) is 1. The third kappa shape index (κ3) is 8.16. The van der Waals surface area contributed by atoms with Gasteiger partial charge in [0.2, 0.25) is 11.8 Å². The topological polar surface area (TPSA) is 114 Å². The van der Waals surface area contributed by atoms with E-state index in [0.29, 0.717) is 18.1 Å². The molecule has 1 N–H and O–H groups in total. The second-order valence-electron chi connectivity index (χ2n) is 9.91. The average molecular weight is 616 g/mol. The number of carbonyl (C=O) groups is 2. The van der Waals surface area contributed by atoms with Gasteiger partial charge in [-0.05, 0) is 70.2 Å². The van der Waals surface area contributed by atoms with Crippen LogP contribution in [0.1, 0.15) is 33.3 Å². The van der Waals surface area contributed by atoms with Gasteiger partial charge >= 0.3 is 0 Å². The van der Waals surface area contributed by atoms with Crippen LogP contribution in [-0.2, 0) is 26.2 Å². The van der Waals surface area contributed by atoms with Crippen molar-refractivity contribution in [3.05, 3.63) is 78.1 Å². The van der Waals surface area contributed by atoms with Crippen molar-refractivity contribution in [2.75, 3.05) is 31.7 Å². The van der Waals surface area contributed by atoms with E-state index in [1.165, 1.54) is 74.6 Å². The van der Waals surface area contributed by atoms with Crippen molar-refractivity contribution in [1.82, 2.24) is 10.2 Å². The van der Waals surface area contributed by atoms with Gasteiger partial charge in [-0.15, -0.1) is 0 Å². The minimum Gasteiger partial charge on any atom is -0.494 e. The van der Waals surface area contributed by atoms with Crippen LogP contribution in [0.15, 0.2) is 71.6 Å². The van der Waals surface area contributed by atoms with Gasteiger partial charge in [0.25, 0.3) is 10.0 Å². The van der Waals surface area contributed by atoms with Gasteiger partial charge in [-0.3, -0.25) is 13.9 Å². The second kappa shape index (κ2) is 14.7. The van der Waals surface area contributed by atoms with Gasteiger partial charge in [0.1, 0.15) is 24.2 Å². The van der Waals surface area contributed by atoms with Gasteiger partial charge in [-0.2, -0.15) is 0 Å². The Morgan fingerprint density at radius 2 is 1.58 bits per heavy atom. The van der Waals surface area contributed by atoms with Crippen LogP contribution in [0, 0.1) is 5.82 Å². The highest BCUT2D eigenvalue weighted by molar-refractivity contribution is 7.92. The number of carbonyl (C=O) groups excluding carboxylic acids is 2. The molecule has 0 spiro atoms. The largest absolute Gasteiger partial charge is 0.494 e. The molecule has 43 heavy (non-hydrogen) atoms. The number of rotatable bonds is 14. The number of methoxy groups -OCH3 is 2. The van der Waals surface area contributed by atoms with Gasteiger partial charge in [0.05, 0.1) is 31.4 Å². The van der Waals surface area contributed by atoms with E-state index >= 15 is 0 Å². The summed E-state index contributed by atoms with van der Waals surface area (Å²) in [6.45, 7) is 6.35. The highest BCUT2D eigenvalue weighted by Crippen LogP contribution is 2.33. The molecule has 2 amide bonds. The molecule has 0 saturated carbocycles. The molecular formula is C31H38FN3O7S. The maximum atomic E-state index is 14.7. The molecule has 0 heterocycles. The van der Waals surface area contributed by atoms with Gasteiger partial charge < -0.3 is 24.4 Å². The Hall–Kier alpha value is -4.32. The van der Waals surface area contributed by atoms with Crippen LogP contribution in [0.25, 0.3) is 0 Å². The lowest BCUT2D eigenvalue weighted by Gasteiger charge is -2.32. The molecule has 0 unspecified atom stereocenters. The standard InChI is InChI=1S/C31H38FN3O7S/c1-7-42-25-14-12-24(13-15-25)35(43(38,39)26-16-17-28(40-5)29(18-26)41-6)20-30(36)34(22(4)31(37)33-21(2)3)19-23-10-8-9-11-27(23)32/h8-18,21-22H,7,19-20H2,1-6H3,(H,33,37)/t22-/m0/s1. The van der Waals surface area contributed by atoms with Crippen molar-refractivity contribution in [2.24, 2.45) is 0 Å². The number of hydrogen-bond acceptors (Lipinski definition) is 7. The van der Waals surface area contributed by atoms with Crippen molar-refractivity contribution in [2.45, 2.75) is 51.2 Å². The predicted octanol–water partition coefficient (Wildman–Crippen LogP) is 4.38. The second-order valence-corrected chi connectivity index (χ2v) is 11.8. The summed E-state index contributed by atoms with van der Waals surface area (Å²) in [4.78, 5) is 28.0. The van der Waals surface area contributed by atoms with Crippen LogP contribution in [-0.4, -0.2) is 64.6 Å². The number of amides is 2. The number of halogens is 1. The van der Waals surface area contributed by atoms with Crippen molar-refractivity contribution in [1.29, 1.82) is 0 Å². The molecule has 12 heteroatoms. The Kier molecular flexibility index (Phi) is 11.4. The zero-order valence-electron chi connectivity index (χ0n) is 25.2. The molecule has 3 aromatic carbocycles. The van der Waals surface area contributed by atoms with Gasteiger partial charge in [0.15, 0.2) is 11.5 Å². The molecule has 0 saturated heterocycles. The molecule has 0 bridgehead atoms. The molecule has 0 aliphatic heterocycles. The van der Waals surface area contributed by atoms with Crippen molar-refractivity contribution in [3.63, 3.8) is 0 Å². The molecular weight excluding hydrogens is 577 g/mol. The first-order chi connectivity index (χ1) is 20.4. The van der Waals surface area contributed by atoms with E-state index in [1.807, 2.05) is 6.92 Å². The van der Waals surface area contributed by atoms with Crippen LogP contribution in [0.2, 0.25) is 0 Å². The van der Waals surface area contributed by atoms with Crippen LogP contribution in [0.3, 0.4) is 0 Å². The number of nitrogens with zero attached hydrogens (tertiary/aromatic N) is 2. The smallest absolute Gasteiger partial charge is 0.264 e. The lowest BCUT2D eigenvalue weighted by Crippen LogP contribution is -2.52. The minimum absolute atomic E-state index is 0.155. The zero-order valence-corrected chi connectivity index (χ0v) is 26.0. The van der Waals surface area contributed by atoms with Gasteiger partial charge in [-0.25, -0.2) is 12.8 Å². The van der Waals surface area contributed by atoms with Crippen LogP contribution >= 0.6 is 0 Å². The van der Waals surface area contributed by atoms with E-state index < -0.39 is 40.2 Å². The fraction of sp³-hybridized carbons (Fsp3) is 0.355. The maximum Gasteiger partial charge on any atom is 0.264 e. The highest BCUT2D eigenvalue weighted by atomic mass is 32.2. The molecule has 0 fully saturated rings. The van der Waals surface area contributed by atoms with Gasteiger partial charge in [0, 0.05) is 24.2 Å². The van der Waals surface area contributed by atoms with E-state index in [-0.39, 0.29) is 34.5 Å². The Bertz CT molecular complexity index is 1510. The summed E-state index contributed by atoms with van der Waals surface area (Å²) in [6.07, 6.45) is 0. The first kappa shape index (κ1) is 33.2. The monoisotopic (exact) mass is 615 g/mol. The molecule has 1 atom stereocenters. The van der Waals surface area contributed by atoms with Crippen LogP contribution in [0.4, 0.5) is 10.1 Å². The Labute approximate surface area is 252 Å². The fourth-order valence-corrected chi connectivity index (χ4v) is 5.74. The summed E-state index contributed by atoms with van der Waals surface area (Å²) >= 11 is 0. The molecule has 0 radical (unpaired) electrons. The molecule has 0 aliphatic carbocycles. The number of ether oxygens (including phenoxy) is 3. The fourth-order valence-electron chi connectivity index (χ4n) is 4.31. The zero-order chi connectivity index (χ0) is 31.7. The quantitative estimate of drug-likeness (QED) is 0.286. The van der Waals surface area contributed by atoms with Crippen LogP contribution in [0.5, 0.6) is 17.2 Å². The molecule has 10 nitrogen and oxygen atoms in total. The van der Waals surface area contributed by atoms with Crippen LogP contribution < -0.4 is 23.8 Å². The summed E-state index contributed by atoms with van der Waals surface area (Å²) in [5.74, 6) is -0.713. The lowest BCUT2D eigenvalue weighted by atomic mass is 10.1. The Morgan fingerprint density at radius 1 is 0.930 bits per heavy atom. The third-order valence-electron chi connectivity index (χ3n) is 6.55. The normalized spacial score (nSPS) is 11.9. The first-order valence-corrected chi connectivity index (χ1v) is 15.2. The lowest BCUT2D eigenvalue weighted by molar-refractivity contribution is -0.139. The number of anilines is 1. The van der Waals surface area contributed by atoms with E-state index in [1.54, 1.807) is 32.0 Å². The number of benzene rings is 3. The molecule has 3 aromatic rings. The summed E-state index contributed by atoms with van der Waals surface area (Å²) in [5, 5.41) is 2.76. The Balaban J connectivity index is 2.09. The SMILES string of the molecule is CCOc1ccc(N(CC(=O)N(Cc2ccccc2F)[C@@H](C)C(=O)NC(C)C)S(=O)(=O)c2ccc(OC)c(OC)c2)cc1.